The lowest BCUT2D eigenvalue weighted by molar-refractivity contribution is 0.747. The highest BCUT2D eigenvalue weighted by Crippen LogP contribution is 2.24. The first-order valence-electron chi connectivity index (χ1n) is 8.95. The van der Waals surface area contributed by atoms with Crippen molar-refractivity contribution in [1.29, 1.82) is 0 Å². The fraction of sp³-hybridized carbons (Fsp3) is 0.500. The van der Waals surface area contributed by atoms with Crippen LogP contribution in [0.2, 0.25) is 0 Å². The molecule has 24 heavy (non-hydrogen) atoms. The number of aromatic nitrogens is 3. The van der Waals surface area contributed by atoms with Crippen molar-refractivity contribution < 1.29 is 0 Å². The Morgan fingerprint density at radius 1 is 0.958 bits per heavy atom. The highest BCUT2D eigenvalue weighted by molar-refractivity contribution is 5.59. The molecular formula is C18H24N6. The van der Waals surface area contributed by atoms with Crippen LogP contribution in [0.3, 0.4) is 0 Å². The molecule has 2 heterocycles. The van der Waals surface area contributed by atoms with Crippen LogP contribution in [-0.4, -0.2) is 34.3 Å². The molecule has 1 aliphatic carbocycles. The Hall–Kier alpha value is -2.37. The number of anilines is 4. The fourth-order valence-electron chi connectivity index (χ4n) is 3.57. The van der Waals surface area contributed by atoms with Crippen molar-refractivity contribution in [3.8, 4) is 0 Å². The molecule has 2 N–H and O–H groups in total. The lowest BCUT2D eigenvalue weighted by Gasteiger charge is -2.17. The summed E-state index contributed by atoms with van der Waals surface area (Å²) in [5, 5.41) is 14.8. The van der Waals surface area contributed by atoms with Gasteiger partial charge >= 0.3 is 0 Å². The van der Waals surface area contributed by atoms with Crippen molar-refractivity contribution in [1.82, 2.24) is 15.2 Å². The molecule has 4 rings (SSSR count). The summed E-state index contributed by atoms with van der Waals surface area (Å²) in [5.74, 6) is 1.33. The second-order valence-electron chi connectivity index (χ2n) is 6.66. The van der Waals surface area contributed by atoms with Gasteiger partial charge in [0, 0.05) is 30.5 Å². The molecule has 2 fully saturated rings. The van der Waals surface area contributed by atoms with E-state index in [-0.39, 0.29) is 0 Å². The Bertz CT molecular complexity index is 659. The summed E-state index contributed by atoms with van der Waals surface area (Å²) in [5.41, 5.74) is 2.27. The Morgan fingerprint density at radius 2 is 1.71 bits per heavy atom. The molecular weight excluding hydrogens is 300 g/mol. The van der Waals surface area contributed by atoms with Crippen molar-refractivity contribution in [3.63, 3.8) is 0 Å². The third-order valence-corrected chi connectivity index (χ3v) is 4.86. The molecule has 6 nitrogen and oxygen atoms in total. The van der Waals surface area contributed by atoms with Gasteiger partial charge in [0.1, 0.15) is 0 Å². The molecule has 1 saturated heterocycles. The minimum absolute atomic E-state index is 0.522. The predicted molar refractivity (Wildman–Crippen MR) is 96.9 cm³/mol. The number of nitrogens with one attached hydrogen (secondary N) is 2. The Balaban J connectivity index is 1.40. The van der Waals surface area contributed by atoms with Gasteiger partial charge in [-0.05, 0) is 49.9 Å². The van der Waals surface area contributed by atoms with E-state index in [0.717, 1.165) is 24.6 Å². The molecule has 0 atom stereocenters. The highest BCUT2D eigenvalue weighted by Gasteiger charge is 2.15. The molecule has 6 heteroatoms. The van der Waals surface area contributed by atoms with Crippen molar-refractivity contribution >= 4 is 23.1 Å². The fourth-order valence-corrected chi connectivity index (χ4v) is 3.57. The molecule has 0 spiro atoms. The van der Waals surface area contributed by atoms with Gasteiger partial charge in [-0.1, -0.05) is 12.8 Å². The van der Waals surface area contributed by atoms with Crippen LogP contribution in [0, 0.1) is 0 Å². The van der Waals surface area contributed by atoms with Gasteiger partial charge in [-0.15, -0.1) is 5.10 Å². The molecule has 0 radical (unpaired) electrons. The zero-order valence-corrected chi connectivity index (χ0v) is 13.9. The number of benzene rings is 1. The molecule has 126 valence electrons. The van der Waals surface area contributed by atoms with Crippen molar-refractivity contribution in [3.05, 3.63) is 30.5 Å². The van der Waals surface area contributed by atoms with Crippen LogP contribution >= 0.6 is 0 Å². The molecule has 0 bridgehead atoms. The minimum atomic E-state index is 0.522. The molecule has 2 aliphatic rings. The molecule has 1 aliphatic heterocycles. The van der Waals surface area contributed by atoms with Crippen molar-refractivity contribution in [2.24, 2.45) is 0 Å². The second kappa shape index (κ2) is 7.03. The van der Waals surface area contributed by atoms with Crippen LogP contribution in [0.15, 0.2) is 30.5 Å². The second-order valence-corrected chi connectivity index (χ2v) is 6.66. The third kappa shape index (κ3) is 3.58. The Morgan fingerprint density at radius 3 is 2.46 bits per heavy atom. The summed E-state index contributed by atoms with van der Waals surface area (Å²) in [6, 6.07) is 8.99. The molecule has 1 saturated carbocycles. The van der Waals surface area contributed by atoms with Gasteiger partial charge in [0.05, 0.1) is 6.20 Å². The van der Waals surface area contributed by atoms with Crippen LogP contribution in [0.1, 0.15) is 38.5 Å². The SMILES string of the molecule is c1cc(N2CCCC2)ccc1Nc1nncc(NC2CCCC2)n1. The van der Waals surface area contributed by atoms with Crippen molar-refractivity contribution in [2.75, 3.05) is 28.6 Å². The lowest BCUT2D eigenvalue weighted by Crippen LogP contribution is -2.17. The van der Waals surface area contributed by atoms with E-state index < -0.39 is 0 Å². The van der Waals surface area contributed by atoms with Gasteiger partial charge in [0.15, 0.2) is 5.82 Å². The number of rotatable bonds is 5. The van der Waals surface area contributed by atoms with E-state index in [1.165, 1.54) is 44.2 Å². The van der Waals surface area contributed by atoms with Gasteiger partial charge in [0.25, 0.3) is 0 Å². The van der Waals surface area contributed by atoms with Crippen LogP contribution in [0.4, 0.5) is 23.1 Å². The molecule has 2 aromatic rings. The standard InChI is InChI=1S/C18H24N6/c1-2-6-14(5-1)20-17-13-19-23-18(22-17)21-15-7-9-16(10-8-15)24-11-3-4-12-24/h7-10,13-14H,1-6,11-12H2,(H2,20,21,22,23). The van der Waals surface area contributed by atoms with Gasteiger partial charge in [-0.25, -0.2) is 0 Å². The molecule has 0 unspecified atom stereocenters. The largest absolute Gasteiger partial charge is 0.372 e. The third-order valence-electron chi connectivity index (χ3n) is 4.86. The van der Waals surface area contributed by atoms with E-state index in [0.29, 0.717) is 12.0 Å². The summed E-state index contributed by atoms with van der Waals surface area (Å²) >= 11 is 0. The molecule has 1 aromatic carbocycles. The maximum Gasteiger partial charge on any atom is 0.249 e. The maximum absolute atomic E-state index is 4.53. The Kier molecular flexibility index (Phi) is 4.44. The smallest absolute Gasteiger partial charge is 0.249 e. The van der Waals surface area contributed by atoms with E-state index in [2.05, 4.69) is 55.0 Å². The topological polar surface area (TPSA) is 66.0 Å². The minimum Gasteiger partial charge on any atom is -0.372 e. The first kappa shape index (κ1) is 15.2. The van der Waals surface area contributed by atoms with Gasteiger partial charge < -0.3 is 15.5 Å². The summed E-state index contributed by atoms with van der Waals surface area (Å²) < 4.78 is 0. The Labute approximate surface area is 142 Å². The first-order valence-corrected chi connectivity index (χ1v) is 8.95. The molecule has 0 amide bonds. The molecule has 1 aromatic heterocycles. The summed E-state index contributed by atoms with van der Waals surface area (Å²) in [4.78, 5) is 6.95. The lowest BCUT2D eigenvalue weighted by atomic mass is 10.2. The van der Waals surface area contributed by atoms with E-state index >= 15 is 0 Å². The van der Waals surface area contributed by atoms with Crippen LogP contribution in [0.25, 0.3) is 0 Å². The van der Waals surface area contributed by atoms with Gasteiger partial charge in [-0.2, -0.15) is 10.1 Å². The average molecular weight is 324 g/mol. The van der Waals surface area contributed by atoms with Gasteiger partial charge in [0.2, 0.25) is 5.95 Å². The number of nitrogens with zero attached hydrogens (tertiary/aromatic N) is 4. The van der Waals surface area contributed by atoms with E-state index in [1.54, 1.807) is 6.20 Å². The number of hydrogen-bond acceptors (Lipinski definition) is 6. The van der Waals surface area contributed by atoms with E-state index in [4.69, 9.17) is 0 Å². The zero-order valence-electron chi connectivity index (χ0n) is 13.9. The van der Waals surface area contributed by atoms with Crippen LogP contribution < -0.4 is 15.5 Å². The normalized spacial score (nSPS) is 18.1. The zero-order chi connectivity index (χ0) is 16.2. The summed E-state index contributed by atoms with van der Waals surface area (Å²) in [6.07, 6.45) is 9.30. The summed E-state index contributed by atoms with van der Waals surface area (Å²) in [7, 11) is 0. The monoisotopic (exact) mass is 324 g/mol. The first-order chi connectivity index (χ1) is 11.9. The van der Waals surface area contributed by atoms with Gasteiger partial charge in [-0.3, -0.25) is 0 Å². The quantitative estimate of drug-likeness (QED) is 0.876. The number of hydrogen-bond donors (Lipinski definition) is 2. The van der Waals surface area contributed by atoms with Crippen LogP contribution in [-0.2, 0) is 0 Å². The predicted octanol–water partition coefficient (Wildman–Crippen LogP) is 3.57. The van der Waals surface area contributed by atoms with Crippen molar-refractivity contribution in [2.45, 2.75) is 44.6 Å². The van der Waals surface area contributed by atoms with Crippen LogP contribution in [0.5, 0.6) is 0 Å². The highest BCUT2D eigenvalue weighted by atomic mass is 15.3. The average Bonchev–Trinajstić information content (AvgIpc) is 3.29. The van der Waals surface area contributed by atoms with E-state index in [9.17, 15) is 0 Å². The maximum atomic E-state index is 4.53. The van der Waals surface area contributed by atoms with E-state index in [1.807, 2.05) is 0 Å². The summed E-state index contributed by atoms with van der Waals surface area (Å²) in [6.45, 7) is 2.32.